The first-order chi connectivity index (χ1) is 11.7. The first-order valence-electron chi connectivity index (χ1n) is 7.29. The van der Waals surface area contributed by atoms with E-state index in [2.05, 4.69) is 9.84 Å². The van der Waals surface area contributed by atoms with Crippen LogP contribution in [-0.2, 0) is 0 Å². The third kappa shape index (κ3) is 3.84. The summed E-state index contributed by atoms with van der Waals surface area (Å²) in [5, 5.41) is 14.0. The maximum absolute atomic E-state index is 13.2. The fourth-order valence-corrected chi connectivity index (χ4v) is 2.36. The molecule has 25 heavy (non-hydrogen) atoms. The van der Waals surface area contributed by atoms with Gasteiger partial charge < -0.3 is 14.6 Å². The number of carbonyl (C=O) groups is 1. The van der Waals surface area contributed by atoms with E-state index in [4.69, 9.17) is 4.74 Å². The van der Waals surface area contributed by atoms with Gasteiger partial charge in [0.1, 0.15) is 0 Å². The van der Waals surface area contributed by atoms with Crippen LogP contribution in [0.4, 0.5) is 17.6 Å². The average molecular weight is 364 g/mol. The van der Waals surface area contributed by atoms with Gasteiger partial charge in [-0.3, -0.25) is 4.79 Å². The maximum Gasteiger partial charge on any atom is 0.387 e. The van der Waals surface area contributed by atoms with E-state index in [-0.39, 0.29) is 29.4 Å². The predicted molar refractivity (Wildman–Crippen MR) is 79.1 cm³/mol. The summed E-state index contributed by atoms with van der Waals surface area (Å²) in [7, 11) is 0. The summed E-state index contributed by atoms with van der Waals surface area (Å²) >= 11 is 0. The number of alkyl halides is 4. The highest BCUT2D eigenvalue weighted by atomic mass is 19.3. The van der Waals surface area contributed by atoms with Gasteiger partial charge in [0.25, 0.3) is 12.3 Å². The molecule has 0 saturated heterocycles. The highest BCUT2D eigenvalue weighted by Gasteiger charge is 2.51. The molecule has 6 nitrogen and oxygen atoms in total. The molecule has 0 aliphatic carbocycles. The van der Waals surface area contributed by atoms with E-state index in [1.165, 1.54) is 6.92 Å². The molecule has 0 fully saturated rings. The fourth-order valence-electron chi connectivity index (χ4n) is 2.36. The van der Waals surface area contributed by atoms with Crippen molar-refractivity contribution in [1.29, 1.82) is 0 Å². The van der Waals surface area contributed by atoms with Crippen LogP contribution in [0.1, 0.15) is 30.6 Å². The molecule has 1 aromatic carbocycles. The first-order valence-corrected chi connectivity index (χ1v) is 7.29. The Labute approximate surface area is 140 Å². The second kappa shape index (κ2) is 7.26. The second-order valence-corrected chi connectivity index (χ2v) is 5.28. The van der Waals surface area contributed by atoms with Crippen molar-refractivity contribution >= 4 is 11.6 Å². The van der Waals surface area contributed by atoms with Crippen LogP contribution in [0.25, 0.3) is 0 Å². The van der Waals surface area contributed by atoms with Crippen LogP contribution in [0.3, 0.4) is 0 Å². The minimum Gasteiger partial charge on any atom is -0.490 e. The minimum absolute atomic E-state index is 0.0964. The van der Waals surface area contributed by atoms with Crippen LogP contribution >= 0.6 is 0 Å². The first kappa shape index (κ1) is 19.0. The van der Waals surface area contributed by atoms with Crippen LogP contribution in [-0.4, -0.2) is 47.1 Å². The van der Waals surface area contributed by atoms with E-state index in [1.807, 2.05) is 0 Å². The number of rotatable bonds is 6. The van der Waals surface area contributed by atoms with Gasteiger partial charge in [-0.15, -0.1) is 0 Å². The monoisotopic (exact) mass is 364 g/mol. The van der Waals surface area contributed by atoms with Crippen molar-refractivity contribution in [1.82, 2.24) is 5.01 Å². The van der Waals surface area contributed by atoms with Gasteiger partial charge in [-0.25, -0.2) is 8.78 Å². The van der Waals surface area contributed by atoms with Gasteiger partial charge in [0.2, 0.25) is 5.72 Å². The SMILES string of the molecule is CCOc1cc(C(=O)N2N=C(C)C[C@@]2(O)C(F)F)ccc1OC(F)F. The Hall–Kier alpha value is -2.36. The zero-order valence-corrected chi connectivity index (χ0v) is 13.4. The van der Waals surface area contributed by atoms with Crippen LogP contribution in [0.15, 0.2) is 23.3 Å². The van der Waals surface area contributed by atoms with E-state index in [0.29, 0.717) is 5.01 Å². The maximum atomic E-state index is 13.2. The number of benzene rings is 1. The molecule has 1 aliphatic heterocycles. The lowest BCUT2D eigenvalue weighted by Crippen LogP contribution is -2.51. The summed E-state index contributed by atoms with van der Waals surface area (Å²) in [6.45, 7) is -0.0227. The lowest BCUT2D eigenvalue weighted by atomic mass is 10.1. The number of amides is 1. The topological polar surface area (TPSA) is 71.4 Å². The van der Waals surface area contributed by atoms with Crippen molar-refractivity contribution in [2.24, 2.45) is 5.10 Å². The molecule has 0 spiro atoms. The van der Waals surface area contributed by atoms with E-state index in [9.17, 15) is 27.5 Å². The molecular formula is C15H16F4N2O4. The van der Waals surface area contributed by atoms with Crippen LogP contribution in [0.5, 0.6) is 11.5 Å². The van der Waals surface area contributed by atoms with Crippen LogP contribution < -0.4 is 9.47 Å². The Morgan fingerprint density at radius 2 is 2.04 bits per heavy atom. The van der Waals surface area contributed by atoms with Gasteiger partial charge in [0.15, 0.2) is 11.5 Å². The molecule has 0 radical (unpaired) electrons. The summed E-state index contributed by atoms with van der Waals surface area (Å²) in [4.78, 5) is 12.5. The third-order valence-corrected chi connectivity index (χ3v) is 3.40. The van der Waals surface area contributed by atoms with Crippen molar-refractivity contribution in [3.05, 3.63) is 23.8 Å². The molecule has 0 bridgehead atoms. The molecule has 1 aromatic rings. The number of ether oxygens (including phenoxy) is 2. The average Bonchev–Trinajstić information content (AvgIpc) is 2.84. The molecule has 2 rings (SSSR count). The largest absolute Gasteiger partial charge is 0.490 e. The molecule has 1 heterocycles. The number of hydrazone groups is 1. The lowest BCUT2D eigenvalue weighted by Gasteiger charge is -2.30. The molecule has 10 heteroatoms. The van der Waals surface area contributed by atoms with Gasteiger partial charge in [-0.2, -0.15) is 18.9 Å². The van der Waals surface area contributed by atoms with Gasteiger partial charge in [-0.1, -0.05) is 0 Å². The summed E-state index contributed by atoms with van der Waals surface area (Å²) in [5.74, 6) is -1.49. The van der Waals surface area contributed by atoms with E-state index in [0.717, 1.165) is 18.2 Å². The normalized spacial score (nSPS) is 20.2. The fraction of sp³-hybridized carbons (Fsp3) is 0.467. The molecule has 138 valence electrons. The standard InChI is InChI=1S/C15H16F4N2O4/c1-3-24-11-6-9(4-5-10(11)25-14(18)19)12(22)21-15(23,13(16)17)7-8(2)20-21/h4-6,13-14,23H,3,7H2,1-2H3/t15-/m1/s1. The van der Waals surface area contributed by atoms with E-state index < -0.39 is 31.1 Å². The molecule has 1 aliphatic rings. The zero-order chi connectivity index (χ0) is 18.8. The van der Waals surface area contributed by atoms with Gasteiger partial charge in [0.05, 0.1) is 6.61 Å². The van der Waals surface area contributed by atoms with Crippen molar-refractivity contribution in [3.63, 3.8) is 0 Å². The number of hydrogen-bond acceptors (Lipinski definition) is 5. The summed E-state index contributed by atoms with van der Waals surface area (Å²) < 4.78 is 60.6. The van der Waals surface area contributed by atoms with Crippen molar-refractivity contribution in [3.8, 4) is 11.5 Å². The second-order valence-electron chi connectivity index (χ2n) is 5.28. The Morgan fingerprint density at radius 1 is 1.36 bits per heavy atom. The molecule has 0 aromatic heterocycles. The molecular weight excluding hydrogens is 348 g/mol. The van der Waals surface area contributed by atoms with Gasteiger partial charge in [0, 0.05) is 17.7 Å². The smallest absolute Gasteiger partial charge is 0.387 e. The van der Waals surface area contributed by atoms with Gasteiger partial charge >= 0.3 is 6.61 Å². The molecule has 1 atom stereocenters. The molecule has 0 unspecified atom stereocenters. The van der Waals surface area contributed by atoms with E-state index in [1.54, 1.807) is 6.92 Å². The Morgan fingerprint density at radius 3 is 2.60 bits per heavy atom. The Kier molecular flexibility index (Phi) is 5.51. The minimum atomic E-state index is -3.24. The number of carbonyl (C=O) groups excluding carboxylic acids is 1. The van der Waals surface area contributed by atoms with Crippen LogP contribution in [0.2, 0.25) is 0 Å². The number of nitrogens with zero attached hydrogens (tertiary/aromatic N) is 2. The Balaban J connectivity index is 2.37. The zero-order valence-electron chi connectivity index (χ0n) is 13.4. The highest BCUT2D eigenvalue weighted by molar-refractivity contribution is 5.98. The van der Waals surface area contributed by atoms with Crippen LogP contribution in [0, 0.1) is 0 Å². The quantitative estimate of drug-likeness (QED) is 0.788. The summed E-state index contributed by atoms with van der Waals surface area (Å²) in [5.41, 5.74) is -2.79. The summed E-state index contributed by atoms with van der Waals surface area (Å²) in [6.07, 6.45) is -3.74. The van der Waals surface area contributed by atoms with Crippen molar-refractivity contribution < 1.29 is 36.9 Å². The van der Waals surface area contributed by atoms with Crippen molar-refractivity contribution in [2.75, 3.05) is 6.61 Å². The molecule has 1 N–H and O–H groups in total. The Bertz CT molecular complexity index is 683. The third-order valence-electron chi connectivity index (χ3n) is 3.40. The van der Waals surface area contributed by atoms with Gasteiger partial charge in [-0.05, 0) is 32.0 Å². The van der Waals surface area contributed by atoms with Crippen molar-refractivity contribution in [2.45, 2.75) is 39.0 Å². The summed E-state index contributed by atoms with van der Waals surface area (Å²) in [6, 6.07) is 3.22. The molecule has 1 amide bonds. The number of halogens is 4. The molecule has 0 saturated carbocycles. The number of hydrogen-bond donors (Lipinski definition) is 1. The predicted octanol–water partition coefficient (Wildman–Crippen LogP) is 2.86. The van der Waals surface area contributed by atoms with E-state index >= 15 is 0 Å². The lowest BCUT2D eigenvalue weighted by molar-refractivity contribution is -0.164. The highest BCUT2D eigenvalue weighted by Crippen LogP contribution is 2.35. The number of aliphatic hydroxyl groups is 1.